The monoisotopic (exact) mass is 540 g/mol. The highest BCUT2D eigenvalue weighted by Crippen LogP contribution is 2.14. The molecule has 0 aliphatic rings. The van der Waals surface area contributed by atoms with Crippen molar-refractivity contribution in [1.29, 1.82) is 0 Å². The lowest BCUT2D eigenvalue weighted by Gasteiger charge is -2.13. The Morgan fingerprint density at radius 1 is 1.14 bits per heavy atom. The molecule has 2 rings (SSSR count). The van der Waals surface area contributed by atoms with Crippen molar-refractivity contribution in [3.8, 4) is 0 Å². The Morgan fingerprint density at radius 3 is 2.54 bits per heavy atom. The first-order chi connectivity index (χ1) is 12.8. The average molecular weight is 541 g/mol. The minimum absolute atomic E-state index is 0. The van der Waals surface area contributed by atoms with Crippen molar-refractivity contribution >= 4 is 51.6 Å². The molecule has 0 saturated carbocycles. The lowest BCUT2D eigenvalue weighted by molar-refractivity contribution is 0.580. The Kier molecular flexibility index (Phi) is 10.1. The second kappa shape index (κ2) is 11.5. The van der Waals surface area contributed by atoms with Gasteiger partial charge < -0.3 is 10.6 Å². The number of rotatable bonds is 7. The summed E-state index contributed by atoms with van der Waals surface area (Å²) in [5.74, 6) is 0.271. The first kappa shape index (κ1) is 24.6. The van der Waals surface area contributed by atoms with E-state index in [1.165, 1.54) is 18.2 Å². The molecule has 2 aromatic rings. The molecule has 0 unspecified atom stereocenters. The molecule has 0 spiro atoms. The van der Waals surface area contributed by atoms with Crippen molar-refractivity contribution in [3.05, 3.63) is 64.4 Å². The summed E-state index contributed by atoms with van der Waals surface area (Å²) in [6, 6.07) is 10.9. The number of guanidine groups is 1. The van der Waals surface area contributed by atoms with Gasteiger partial charge in [0, 0.05) is 31.7 Å². The molecule has 0 saturated heterocycles. The van der Waals surface area contributed by atoms with E-state index in [4.69, 9.17) is 11.6 Å². The van der Waals surface area contributed by atoms with Crippen LogP contribution in [0.5, 0.6) is 0 Å². The molecular weight excluding hydrogens is 518 g/mol. The molecule has 6 nitrogen and oxygen atoms in total. The number of nitrogens with one attached hydrogen (secondary N) is 3. The zero-order valence-electron chi connectivity index (χ0n) is 15.5. The van der Waals surface area contributed by atoms with Gasteiger partial charge in [-0.2, -0.15) is 0 Å². The van der Waals surface area contributed by atoms with Crippen molar-refractivity contribution in [2.75, 3.05) is 20.1 Å². The maximum Gasteiger partial charge on any atom is 0.240 e. The molecule has 0 bridgehead atoms. The highest BCUT2D eigenvalue weighted by atomic mass is 127. The van der Waals surface area contributed by atoms with Crippen molar-refractivity contribution in [2.24, 2.45) is 4.99 Å². The van der Waals surface area contributed by atoms with Gasteiger partial charge in [-0.15, -0.1) is 24.0 Å². The standard InChI is InChI=1S/C18H22ClFN4O2S.HI/c1-13-10-14(6-7-17(13)20)12-23-18(21-2)22-8-9-24-27(25,26)16-5-3-4-15(19)11-16;/h3-7,10-11,24H,8-9,12H2,1-2H3,(H2,21,22,23);1H. The summed E-state index contributed by atoms with van der Waals surface area (Å²) in [5, 5.41) is 6.46. The first-order valence-electron chi connectivity index (χ1n) is 8.26. The molecule has 0 aliphatic carbocycles. The summed E-state index contributed by atoms with van der Waals surface area (Å²) in [6.07, 6.45) is 0. The van der Waals surface area contributed by atoms with Crippen molar-refractivity contribution in [3.63, 3.8) is 0 Å². The van der Waals surface area contributed by atoms with E-state index in [0.29, 0.717) is 29.6 Å². The highest BCUT2D eigenvalue weighted by molar-refractivity contribution is 14.0. The Bertz CT molecular complexity index is 926. The second-order valence-corrected chi connectivity index (χ2v) is 7.99. The number of benzene rings is 2. The Hall–Kier alpha value is -1.43. The lowest BCUT2D eigenvalue weighted by atomic mass is 10.1. The molecule has 0 atom stereocenters. The third-order valence-electron chi connectivity index (χ3n) is 3.72. The van der Waals surface area contributed by atoms with Gasteiger partial charge in [0.15, 0.2) is 5.96 Å². The van der Waals surface area contributed by atoms with Crippen molar-refractivity contribution in [1.82, 2.24) is 15.4 Å². The largest absolute Gasteiger partial charge is 0.355 e. The fourth-order valence-corrected chi connectivity index (χ4v) is 3.64. The van der Waals surface area contributed by atoms with E-state index in [1.54, 1.807) is 38.2 Å². The number of hydrogen-bond acceptors (Lipinski definition) is 3. The topological polar surface area (TPSA) is 82.6 Å². The predicted octanol–water partition coefficient (Wildman–Crippen LogP) is 3.05. The van der Waals surface area contributed by atoms with Gasteiger partial charge in [-0.3, -0.25) is 4.99 Å². The van der Waals surface area contributed by atoms with Crippen LogP contribution in [0.25, 0.3) is 0 Å². The molecule has 0 amide bonds. The molecule has 0 heterocycles. The van der Waals surface area contributed by atoms with E-state index >= 15 is 0 Å². The summed E-state index contributed by atoms with van der Waals surface area (Å²) in [4.78, 5) is 4.19. The number of halogens is 3. The van der Waals surface area contributed by atoms with Gasteiger partial charge in [0.1, 0.15) is 5.82 Å². The maximum absolute atomic E-state index is 13.3. The highest BCUT2D eigenvalue weighted by Gasteiger charge is 2.13. The zero-order valence-corrected chi connectivity index (χ0v) is 19.4. The van der Waals surface area contributed by atoms with Crippen LogP contribution >= 0.6 is 35.6 Å². The van der Waals surface area contributed by atoms with Crippen LogP contribution < -0.4 is 15.4 Å². The molecule has 0 radical (unpaired) electrons. The van der Waals surface area contributed by atoms with Gasteiger partial charge in [0.05, 0.1) is 4.90 Å². The zero-order chi connectivity index (χ0) is 19.9. The maximum atomic E-state index is 13.3. The van der Waals surface area contributed by atoms with E-state index in [1.807, 2.05) is 0 Å². The smallest absolute Gasteiger partial charge is 0.240 e. The van der Waals surface area contributed by atoms with Crippen LogP contribution in [0.15, 0.2) is 52.4 Å². The summed E-state index contributed by atoms with van der Waals surface area (Å²) in [7, 11) is -2.01. The quantitative estimate of drug-likeness (QED) is 0.218. The molecule has 10 heteroatoms. The average Bonchev–Trinajstić information content (AvgIpc) is 2.64. The third kappa shape index (κ3) is 7.53. The van der Waals surface area contributed by atoms with Crippen LogP contribution in [-0.4, -0.2) is 34.5 Å². The summed E-state index contributed by atoms with van der Waals surface area (Å²) in [6.45, 7) is 2.68. The molecule has 0 fully saturated rings. The minimum Gasteiger partial charge on any atom is -0.355 e. The van der Waals surface area contributed by atoms with E-state index in [0.717, 1.165) is 5.56 Å². The van der Waals surface area contributed by atoms with Crippen molar-refractivity contribution in [2.45, 2.75) is 18.4 Å². The molecule has 0 aliphatic heterocycles. The third-order valence-corrected chi connectivity index (χ3v) is 5.42. The van der Waals surface area contributed by atoms with Crippen LogP contribution in [0.3, 0.4) is 0 Å². The van der Waals surface area contributed by atoms with Crippen molar-refractivity contribution < 1.29 is 12.8 Å². The van der Waals surface area contributed by atoms with Gasteiger partial charge in [-0.05, 0) is 42.3 Å². The summed E-state index contributed by atoms with van der Waals surface area (Å²) >= 11 is 5.83. The number of aryl methyl sites for hydroxylation is 1. The summed E-state index contributed by atoms with van der Waals surface area (Å²) < 4.78 is 40.2. The summed E-state index contributed by atoms with van der Waals surface area (Å²) in [5.41, 5.74) is 1.49. The fraction of sp³-hybridized carbons (Fsp3) is 0.278. The van der Waals surface area contributed by atoms with Gasteiger partial charge >= 0.3 is 0 Å². The fourth-order valence-electron chi connectivity index (χ4n) is 2.31. The Labute approximate surface area is 187 Å². The van der Waals surface area contributed by atoms with E-state index < -0.39 is 10.0 Å². The number of sulfonamides is 1. The molecule has 0 aromatic heterocycles. The van der Waals surface area contributed by atoms with Crippen LogP contribution in [0.1, 0.15) is 11.1 Å². The van der Waals surface area contributed by atoms with Crippen LogP contribution in [0.2, 0.25) is 5.02 Å². The first-order valence-corrected chi connectivity index (χ1v) is 10.1. The van der Waals surface area contributed by atoms with Gasteiger partial charge in [0.2, 0.25) is 10.0 Å². The van der Waals surface area contributed by atoms with E-state index in [9.17, 15) is 12.8 Å². The number of aliphatic imine (C=N–C) groups is 1. The Balaban J connectivity index is 0.00000392. The van der Waals surface area contributed by atoms with Crippen LogP contribution in [0.4, 0.5) is 4.39 Å². The number of nitrogens with zero attached hydrogens (tertiary/aromatic N) is 1. The molecule has 154 valence electrons. The lowest BCUT2D eigenvalue weighted by Crippen LogP contribution is -2.41. The molecule has 28 heavy (non-hydrogen) atoms. The van der Waals surface area contributed by atoms with Gasteiger partial charge in [0.25, 0.3) is 0 Å². The van der Waals surface area contributed by atoms with Gasteiger partial charge in [-0.1, -0.05) is 29.8 Å². The normalized spacial score (nSPS) is 11.6. The van der Waals surface area contributed by atoms with E-state index in [2.05, 4.69) is 20.3 Å². The minimum atomic E-state index is -3.62. The van der Waals surface area contributed by atoms with Crippen LogP contribution in [0, 0.1) is 12.7 Å². The molecule has 2 aromatic carbocycles. The number of hydrogen-bond donors (Lipinski definition) is 3. The molecule has 3 N–H and O–H groups in total. The van der Waals surface area contributed by atoms with E-state index in [-0.39, 0.29) is 41.2 Å². The van der Waals surface area contributed by atoms with Gasteiger partial charge in [-0.25, -0.2) is 17.5 Å². The second-order valence-electron chi connectivity index (χ2n) is 5.79. The Morgan fingerprint density at radius 2 is 1.89 bits per heavy atom. The van der Waals surface area contributed by atoms with Crippen LogP contribution in [-0.2, 0) is 16.6 Å². The SMILES string of the molecule is CN=C(NCCNS(=O)(=O)c1cccc(Cl)c1)NCc1ccc(F)c(C)c1.I. The predicted molar refractivity (Wildman–Crippen MR) is 121 cm³/mol. The molecular formula is C18H23ClFIN4O2S.